The second-order valence-electron chi connectivity index (χ2n) is 6.15. The molecule has 1 saturated heterocycles. The molecule has 20 heavy (non-hydrogen) atoms. The minimum absolute atomic E-state index is 0.0889. The molecule has 1 N–H and O–H groups in total. The van der Waals surface area contributed by atoms with Gasteiger partial charge in [0.1, 0.15) is 5.82 Å². The third kappa shape index (κ3) is 3.14. The summed E-state index contributed by atoms with van der Waals surface area (Å²) in [5, 5.41) is 3.40. The number of nitrogens with one attached hydrogen (secondary N) is 1. The second-order valence-corrected chi connectivity index (χ2v) is 6.15. The highest BCUT2D eigenvalue weighted by molar-refractivity contribution is 5.56. The van der Waals surface area contributed by atoms with Crippen molar-refractivity contribution in [3.05, 3.63) is 29.6 Å². The normalized spacial score (nSPS) is 24.8. The standard InChI is InChI=1S/C17H27FN2/c1-5-19-14(4)15-7-6-8-16(18)17(15)20-10-9-12(2)13(3)11-20/h6-8,12-14,19H,5,9-11H2,1-4H3. The molecular weight excluding hydrogens is 251 g/mol. The van der Waals surface area contributed by atoms with Gasteiger partial charge >= 0.3 is 0 Å². The molecular formula is C17H27FN2. The van der Waals surface area contributed by atoms with Crippen LogP contribution in [0.3, 0.4) is 0 Å². The van der Waals surface area contributed by atoms with Crippen LogP contribution < -0.4 is 10.2 Å². The molecule has 2 nitrogen and oxygen atoms in total. The zero-order chi connectivity index (χ0) is 14.7. The highest BCUT2D eigenvalue weighted by Gasteiger charge is 2.27. The van der Waals surface area contributed by atoms with Crippen LogP contribution >= 0.6 is 0 Å². The number of hydrogen-bond donors (Lipinski definition) is 1. The summed E-state index contributed by atoms with van der Waals surface area (Å²) in [6.07, 6.45) is 1.14. The van der Waals surface area contributed by atoms with E-state index in [2.05, 4.69) is 44.0 Å². The minimum atomic E-state index is -0.0889. The summed E-state index contributed by atoms with van der Waals surface area (Å²) in [6.45, 7) is 11.6. The van der Waals surface area contributed by atoms with E-state index >= 15 is 0 Å². The Balaban J connectivity index is 2.30. The maximum absolute atomic E-state index is 14.4. The first-order chi connectivity index (χ1) is 9.54. The van der Waals surface area contributed by atoms with Crippen LogP contribution in [-0.4, -0.2) is 19.6 Å². The predicted molar refractivity (Wildman–Crippen MR) is 83.6 cm³/mol. The van der Waals surface area contributed by atoms with Crippen molar-refractivity contribution >= 4 is 5.69 Å². The lowest BCUT2D eigenvalue weighted by Crippen LogP contribution is -2.39. The number of rotatable bonds is 4. The van der Waals surface area contributed by atoms with Gasteiger partial charge in [0.2, 0.25) is 0 Å². The van der Waals surface area contributed by atoms with Gasteiger partial charge in [0.05, 0.1) is 5.69 Å². The molecule has 0 saturated carbocycles. The van der Waals surface area contributed by atoms with Crippen molar-refractivity contribution in [3.63, 3.8) is 0 Å². The van der Waals surface area contributed by atoms with Crippen LogP contribution in [0.4, 0.5) is 10.1 Å². The highest BCUT2D eigenvalue weighted by atomic mass is 19.1. The average Bonchev–Trinajstić information content (AvgIpc) is 2.42. The molecule has 0 bridgehead atoms. The summed E-state index contributed by atoms with van der Waals surface area (Å²) in [5.74, 6) is 1.26. The zero-order valence-corrected chi connectivity index (χ0v) is 13.1. The van der Waals surface area contributed by atoms with Crippen LogP contribution in [0.5, 0.6) is 0 Å². The second kappa shape index (κ2) is 6.57. The summed E-state index contributed by atoms with van der Waals surface area (Å²) in [6, 6.07) is 5.63. The van der Waals surface area contributed by atoms with Crippen molar-refractivity contribution in [3.8, 4) is 0 Å². The van der Waals surface area contributed by atoms with Gasteiger partial charge in [-0.15, -0.1) is 0 Å². The lowest BCUT2D eigenvalue weighted by molar-refractivity contribution is 0.321. The molecule has 1 fully saturated rings. The molecule has 3 unspecified atom stereocenters. The molecule has 0 aliphatic carbocycles. The lowest BCUT2D eigenvalue weighted by atomic mass is 9.88. The van der Waals surface area contributed by atoms with Gasteiger partial charge in [-0.05, 0) is 43.4 Å². The molecule has 1 aromatic carbocycles. The van der Waals surface area contributed by atoms with E-state index in [0.717, 1.165) is 43.2 Å². The van der Waals surface area contributed by atoms with Gasteiger partial charge in [0, 0.05) is 19.1 Å². The summed E-state index contributed by atoms with van der Waals surface area (Å²) >= 11 is 0. The van der Waals surface area contributed by atoms with E-state index in [1.54, 1.807) is 6.07 Å². The monoisotopic (exact) mass is 278 g/mol. The van der Waals surface area contributed by atoms with E-state index in [1.165, 1.54) is 0 Å². The Hall–Kier alpha value is -1.09. The molecule has 0 amide bonds. The van der Waals surface area contributed by atoms with Gasteiger partial charge in [-0.25, -0.2) is 4.39 Å². The van der Waals surface area contributed by atoms with Crippen LogP contribution in [-0.2, 0) is 0 Å². The van der Waals surface area contributed by atoms with Crippen molar-refractivity contribution < 1.29 is 4.39 Å². The van der Waals surface area contributed by atoms with Crippen LogP contribution in [0.1, 0.15) is 45.7 Å². The summed E-state index contributed by atoms with van der Waals surface area (Å²) in [4.78, 5) is 2.24. The van der Waals surface area contributed by atoms with Gasteiger partial charge in [0.15, 0.2) is 0 Å². The number of hydrogen-bond acceptors (Lipinski definition) is 2. The smallest absolute Gasteiger partial charge is 0.146 e. The van der Waals surface area contributed by atoms with E-state index in [0.29, 0.717) is 5.92 Å². The van der Waals surface area contributed by atoms with E-state index in [-0.39, 0.29) is 11.9 Å². The third-order valence-electron chi connectivity index (χ3n) is 4.65. The number of nitrogens with zero attached hydrogens (tertiary/aromatic N) is 1. The van der Waals surface area contributed by atoms with E-state index in [1.807, 2.05) is 6.07 Å². The number of anilines is 1. The van der Waals surface area contributed by atoms with Crippen molar-refractivity contribution in [1.82, 2.24) is 5.32 Å². The minimum Gasteiger partial charge on any atom is -0.369 e. The highest BCUT2D eigenvalue weighted by Crippen LogP contribution is 2.33. The molecule has 0 radical (unpaired) electrons. The molecule has 3 heteroatoms. The Morgan fingerprint density at radius 1 is 1.35 bits per heavy atom. The maximum Gasteiger partial charge on any atom is 0.146 e. The molecule has 1 aromatic rings. The first-order valence-electron chi connectivity index (χ1n) is 7.81. The summed E-state index contributed by atoms with van der Waals surface area (Å²) in [5.41, 5.74) is 1.88. The number of benzene rings is 1. The number of halogens is 1. The molecule has 2 rings (SSSR count). The van der Waals surface area contributed by atoms with Gasteiger partial charge in [-0.3, -0.25) is 0 Å². The quantitative estimate of drug-likeness (QED) is 0.896. The van der Waals surface area contributed by atoms with E-state index in [4.69, 9.17) is 0 Å². The molecule has 1 heterocycles. The molecule has 1 aliphatic rings. The summed E-state index contributed by atoms with van der Waals surface area (Å²) < 4.78 is 14.4. The van der Waals surface area contributed by atoms with Crippen molar-refractivity contribution in [2.45, 2.75) is 40.2 Å². The van der Waals surface area contributed by atoms with Crippen LogP contribution in [0.15, 0.2) is 18.2 Å². The van der Waals surface area contributed by atoms with Crippen molar-refractivity contribution in [2.75, 3.05) is 24.5 Å². The Kier molecular flexibility index (Phi) is 5.03. The van der Waals surface area contributed by atoms with Gasteiger partial charge in [-0.1, -0.05) is 32.9 Å². The maximum atomic E-state index is 14.4. The van der Waals surface area contributed by atoms with E-state index in [9.17, 15) is 4.39 Å². The van der Waals surface area contributed by atoms with Gasteiger partial charge < -0.3 is 10.2 Å². The fourth-order valence-electron chi connectivity index (χ4n) is 3.10. The molecule has 1 aliphatic heterocycles. The zero-order valence-electron chi connectivity index (χ0n) is 13.1. The first-order valence-corrected chi connectivity index (χ1v) is 7.81. The Morgan fingerprint density at radius 3 is 2.75 bits per heavy atom. The molecule has 3 atom stereocenters. The number of piperidine rings is 1. The summed E-state index contributed by atoms with van der Waals surface area (Å²) in [7, 11) is 0. The average molecular weight is 278 g/mol. The Morgan fingerprint density at radius 2 is 2.10 bits per heavy atom. The first kappa shape index (κ1) is 15.3. The SMILES string of the molecule is CCNC(C)c1cccc(F)c1N1CCC(C)C(C)C1. The molecule has 0 aromatic heterocycles. The van der Waals surface area contributed by atoms with Crippen LogP contribution in [0.25, 0.3) is 0 Å². The van der Waals surface area contributed by atoms with Gasteiger partial charge in [-0.2, -0.15) is 0 Å². The van der Waals surface area contributed by atoms with E-state index < -0.39 is 0 Å². The van der Waals surface area contributed by atoms with Crippen molar-refractivity contribution in [1.29, 1.82) is 0 Å². The van der Waals surface area contributed by atoms with Crippen molar-refractivity contribution in [2.24, 2.45) is 11.8 Å². The van der Waals surface area contributed by atoms with Gasteiger partial charge in [0.25, 0.3) is 0 Å². The Labute approximate surface area is 122 Å². The molecule has 0 spiro atoms. The molecule has 112 valence electrons. The fourth-order valence-corrected chi connectivity index (χ4v) is 3.10. The number of para-hydroxylation sites is 1. The largest absolute Gasteiger partial charge is 0.369 e. The Bertz CT molecular complexity index is 447. The van der Waals surface area contributed by atoms with Crippen LogP contribution in [0.2, 0.25) is 0 Å². The lowest BCUT2D eigenvalue weighted by Gasteiger charge is -2.38. The predicted octanol–water partition coefficient (Wildman–Crippen LogP) is 3.98. The third-order valence-corrected chi connectivity index (χ3v) is 4.65. The fraction of sp³-hybridized carbons (Fsp3) is 0.647. The van der Waals surface area contributed by atoms with Crippen LogP contribution in [0, 0.1) is 17.7 Å². The topological polar surface area (TPSA) is 15.3 Å².